The summed E-state index contributed by atoms with van der Waals surface area (Å²) in [5.74, 6) is -4.12. The Labute approximate surface area is 76.4 Å². The van der Waals surface area contributed by atoms with Gasteiger partial charge in [-0.1, -0.05) is 6.42 Å². The SMILES string of the molecule is NS(=O)(=O)CCC(F)(F)C1CCC1. The molecule has 0 saturated heterocycles. The Morgan fingerprint density at radius 1 is 1.38 bits per heavy atom. The molecule has 0 unspecified atom stereocenters. The zero-order chi connectivity index (χ0) is 10.1. The van der Waals surface area contributed by atoms with E-state index in [0.29, 0.717) is 12.8 Å². The van der Waals surface area contributed by atoms with Crippen LogP contribution in [-0.2, 0) is 10.0 Å². The Kier molecular flexibility index (Phi) is 2.91. The Morgan fingerprint density at radius 3 is 2.23 bits per heavy atom. The van der Waals surface area contributed by atoms with Gasteiger partial charge in [-0.2, -0.15) is 0 Å². The van der Waals surface area contributed by atoms with Gasteiger partial charge in [-0.15, -0.1) is 0 Å². The second-order valence-corrected chi connectivity index (χ2v) is 5.24. The predicted octanol–water partition coefficient (Wildman–Crippen LogP) is 1.10. The number of nitrogens with two attached hydrogens (primary N) is 1. The zero-order valence-electron chi connectivity index (χ0n) is 7.17. The highest BCUT2D eigenvalue weighted by atomic mass is 32.2. The van der Waals surface area contributed by atoms with Gasteiger partial charge in [0.2, 0.25) is 10.0 Å². The van der Waals surface area contributed by atoms with E-state index in [4.69, 9.17) is 0 Å². The van der Waals surface area contributed by atoms with Gasteiger partial charge in [0.25, 0.3) is 5.92 Å². The highest BCUT2D eigenvalue weighted by Gasteiger charge is 2.42. The maximum atomic E-state index is 13.1. The molecule has 13 heavy (non-hydrogen) atoms. The molecule has 0 aromatic rings. The second-order valence-electron chi connectivity index (χ2n) is 3.51. The first-order chi connectivity index (χ1) is 5.81. The summed E-state index contributed by atoms with van der Waals surface area (Å²) in [7, 11) is -3.75. The van der Waals surface area contributed by atoms with Gasteiger partial charge >= 0.3 is 0 Å². The van der Waals surface area contributed by atoms with Crippen LogP contribution in [0.3, 0.4) is 0 Å². The molecule has 0 heterocycles. The van der Waals surface area contributed by atoms with Crippen molar-refractivity contribution in [3.63, 3.8) is 0 Å². The molecule has 0 atom stereocenters. The Bertz CT molecular complexity index is 272. The molecular formula is C7H13F2NO2S. The number of halogens is 2. The predicted molar refractivity (Wildman–Crippen MR) is 44.9 cm³/mol. The maximum absolute atomic E-state index is 13.1. The number of hydrogen-bond donors (Lipinski definition) is 1. The van der Waals surface area contributed by atoms with Gasteiger partial charge in [-0.25, -0.2) is 22.3 Å². The summed E-state index contributed by atoms with van der Waals surface area (Å²) in [4.78, 5) is 0. The monoisotopic (exact) mass is 213 g/mol. The number of hydrogen-bond acceptors (Lipinski definition) is 2. The lowest BCUT2D eigenvalue weighted by Gasteiger charge is -2.33. The van der Waals surface area contributed by atoms with Crippen molar-refractivity contribution in [2.24, 2.45) is 11.1 Å². The molecule has 1 rings (SSSR count). The molecule has 78 valence electrons. The third-order valence-corrected chi connectivity index (χ3v) is 3.20. The summed E-state index contributed by atoms with van der Waals surface area (Å²) >= 11 is 0. The van der Waals surface area contributed by atoms with Gasteiger partial charge in [0.1, 0.15) is 0 Å². The van der Waals surface area contributed by atoms with E-state index in [9.17, 15) is 17.2 Å². The third kappa shape index (κ3) is 3.19. The Morgan fingerprint density at radius 2 is 1.92 bits per heavy atom. The minimum atomic E-state index is -3.75. The summed E-state index contributed by atoms with van der Waals surface area (Å²) in [5, 5.41) is 4.64. The molecule has 0 amide bonds. The standard InChI is InChI=1S/C7H13F2NO2S/c8-7(9,6-2-1-3-6)4-5-13(10,11)12/h6H,1-5H2,(H2,10,11,12). The van der Waals surface area contributed by atoms with Crippen LogP contribution in [0.4, 0.5) is 8.78 Å². The Balaban J connectivity index is 2.42. The van der Waals surface area contributed by atoms with Crippen molar-refractivity contribution in [2.75, 3.05) is 5.75 Å². The van der Waals surface area contributed by atoms with Crippen LogP contribution >= 0.6 is 0 Å². The van der Waals surface area contributed by atoms with E-state index in [-0.39, 0.29) is 0 Å². The van der Waals surface area contributed by atoms with Crippen LogP contribution in [0.2, 0.25) is 0 Å². The zero-order valence-corrected chi connectivity index (χ0v) is 7.99. The van der Waals surface area contributed by atoms with Crippen LogP contribution in [0.15, 0.2) is 0 Å². The summed E-state index contributed by atoms with van der Waals surface area (Å²) in [5.41, 5.74) is 0. The van der Waals surface area contributed by atoms with Gasteiger partial charge in [-0.3, -0.25) is 0 Å². The van der Waals surface area contributed by atoms with E-state index in [2.05, 4.69) is 5.14 Å². The summed E-state index contributed by atoms with van der Waals surface area (Å²) in [6.45, 7) is 0. The minimum Gasteiger partial charge on any atom is -0.229 e. The fourth-order valence-corrected chi connectivity index (χ4v) is 1.87. The van der Waals surface area contributed by atoms with E-state index in [1.54, 1.807) is 0 Å². The third-order valence-electron chi connectivity index (χ3n) is 2.42. The molecule has 0 aromatic heterocycles. The van der Waals surface area contributed by atoms with Crippen molar-refractivity contribution >= 4 is 10.0 Å². The van der Waals surface area contributed by atoms with E-state index in [1.807, 2.05) is 0 Å². The lowest BCUT2D eigenvalue weighted by atomic mass is 9.79. The number of sulfonamides is 1. The van der Waals surface area contributed by atoms with Gasteiger partial charge < -0.3 is 0 Å². The largest absolute Gasteiger partial charge is 0.251 e. The summed E-state index contributed by atoms with van der Waals surface area (Å²) in [6, 6.07) is 0. The molecule has 1 aliphatic rings. The first kappa shape index (κ1) is 10.8. The normalized spacial score (nSPS) is 19.9. The van der Waals surface area contributed by atoms with Gasteiger partial charge in [0.05, 0.1) is 5.75 Å². The molecule has 0 radical (unpaired) electrons. The van der Waals surface area contributed by atoms with Crippen LogP contribution in [0.5, 0.6) is 0 Å². The lowest BCUT2D eigenvalue weighted by molar-refractivity contribution is -0.0888. The van der Waals surface area contributed by atoms with Crippen molar-refractivity contribution in [3.8, 4) is 0 Å². The number of alkyl halides is 2. The molecule has 1 fully saturated rings. The van der Waals surface area contributed by atoms with E-state index in [1.165, 1.54) is 0 Å². The van der Waals surface area contributed by atoms with Crippen molar-refractivity contribution in [2.45, 2.75) is 31.6 Å². The minimum absolute atomic E-state index is 0.498. The van der Waals surface area contributed by atoms with E-state index in [0.717, 1.165) is 6.42 Å². The molecule has 0 spiro atoms. The molecule has 6 heteroatoms. The molecule has 0 bridgehead atoms. The van der Waals surface area contributed by atoms with Crippen molar-refractivity contribution < 1.29 is 17.2 Å². The van der Waals surface area contributed by atoms with Crippen molar-refractivity contribution in [1.82, 2.24) is 0 Å². The number of rotatable bonds is 4. The van der Waals surface area contributed by atoms with Crippen molar-refractivity contribution in [1.29, 1.82) is 0 Å². The molecule has 0 aliphatic heterocycles. The fraction of sp³-hybridized carbons (Fsp3) is 1.00. The van der Waals surface area contributed by atoms with Crippen LogP contribution in [0.25, 0.3) is 0 Å². The van der Waals surface area contributed by atoms with Crippen molar-refractivity contribution in [3.05, 3.63) is 0 Å². The highest BCUT2D eigenvalue weighted by Crippen LogP contribution is 2.41. The topological polar surface area (TPSA) is 60.2 Å². The van der Waals surface area contributed by atoms with Crippen LogP contribution in [0, 0.1) is 5.92 Å². The van der Waals surface area contributed by atoms with Crippen LogP contribution < -0.4 is 5.14 Å². The van der Waals surface area contributed by atoms with Crippen LogP contribution in [-0.4, -0.2) is 20.1 Å². The highest BCUT2D eigenvalue weighted by molar-refractivity contribution is 7.89. The first-order valence-electron chi connectivity index (χ1n) is 4.19. The first-order valence-corrected chi connectivity index (χ1v) is 5.91. The summed E-state index contributed by atoms with van der Waals surface area (Å²) in [6.07, 6.45) is 1.17. The van der Waals surface area contributed by atoms with Gasteiger partial charge in [0, 0.05) is 12.3 Å². The van der Waals surface area contributed by atoms with E-state index < -0.39 is 34.0 Å². The molecule has 2 N–H and O–H groups in total. The Hall–Kier alpha value is -0.230. The average molecular weight is 213 g/mol. The smallest absolute Gasteiger partial charge is 0.229 e. The second kappa shape index (κ2) is 3.49. The molecule has 1 aliphatic carbocycles. The molecule has 0 aromatic carbocycles. The van der Waals surface area contributed by atoms with E-state index >= 15 is 0 Å². The van der Waals surface area contributed by atoms with Gasteiger partial charge in [-0.05, 0) is 12.8 Å². The summed E-state index contributed by atoms with van der Waals surface area (Å²) < 4.78 is 47.1. The molecular weight excluding hydrogens is 200 g/mol. The van der Waals surface area contributed by atoms with Gasteiger partial charge in [0.15, 0.2) is 0 Å². The van der Waals surface area contributed by atoms with Crippen LogP contribution in [0.1, 0.15) is 25.7 Å². The molecule has 1 saturated carbocycles. The quantitative estimate of drug-likeness (QED) is 0.760. The fourth-order valence-electron chi connectivity index (χ4n) is 1.31. The number of primary sulfonamides is 1. The molecule has 3 nitrogen and oxygen atoms in total. The average Bonchev–Trinajstić information content (AvgIpc) is 1.77. The maximum Gasteiger partial charge on any atom is 0.251 e. The lowest BCUT2D eigenvalue weighted by Crippen LogP contribution is -2.36.